The Labute approximate surface area is 127 Å². The van der Waals surface area contributed by atoms with Crippen LogP contribution in [0.3, 0.4) is 0 Å². The number of ether oxygens (including phenoxy) is 1. The molecule has 0 aromatic carbocycles. The second-order valence-electron chi connectivity index (χ2n) is 4.60. The van der Waals surface area contributed by atoms with Crippen molar-refractivity contribution in [3.8, 4) is 22.4 Å². The first-order valence-electron chi connectivity index (χ1n) is 6.69. The van der Waals surface area contributed by atoms with Crippen molar-refractivity contribution in [3.05, 3.63) is 66.9 Å². The smallest absolute Gasteiger partial charge is 0.340 e. The van der Waals surface area contributed by atoms with Crippen molar-refractivity contribution >= 4 is 5.97 Å². The molecule has 0 aliphatic heterocycles. The summed E-state index contributed by atoms with van der Waals surface area (Å²) in [6, 6.07) is 9.16. The summed E-state index contributed by atoms with van der Waals surface area (Å²) in [5.74, 6) is -0.433. The zero-order valence-electron chi connectivity index (χ0n) is 11.9. The summed E-state index contributed by atoms with van der Waals surface area (Å²) in [6.45, 7) is 0. The van der Waals surface area contributed by atoms with Crippen molar-refractivity contribution in [1.82, 2.24) is 15.0 Å². The van der Waals surface area contributed by atoms with Crippen LogP contribution in [0.5, 0.6) is 0 Å². The first-order valence-corrected chi connectivity index (χ1v) is 6.69. The average Bonchev–Trinajstić information content (AvgIpc) is 2.62. The third kappa shape index (κ3) is 2.69. The first kappa shape index (κ1) is 13.9. The molecule has 0 spiro atoms. The van der Waals surface area contributed by atoms with Gasteiger partial charge in [0.05, 0.1) is 18.4 Å². The monoisotopic (exact) mass is 291 g/mol. The molecule has 108 valence electrons. The summed E-state index contributed by atoms with van der Waals surface area (Å²) >= 11 is 0. The lowest BCUT2D eigenvalue weighted by molar-refractivity contribution is 0.0601. The number of carbonyl (C=O) groups excluding carboxylic acids is 1. The molecule has 0 radical (unpaired) electrons. The van der Waals surface area contributed by atoms with Gasteiger partial charge in [-0.2, -0.15) is 0 Å². The third-order valence-corrected chi connectivity index (χ3v) is 3.22. The predicted octanol–water partition coefficient (Wildman–Crippen LogP) is 2.99. The fraction of sp³-hybridized carbons (Fsp3) is 0.0588. The Morgan fingerprint density at radius 2 is 1.64 bits per heavy atom. The van der Waals surface area contributed by atoms with E-state index in [2.05, 4.69) is 15.0 Å². The Bertz CT molecular complexity index is 790. The van der Waals surface area contributed by atoms with Crippen LogP contribution in [0, 0.1) is 0 Å². The van der Waals surface area contributed by atoms with Gasteiger partial charge in [-0.1, -0.05) is 6.07 Å². The molecule has 0 fully saturated rings. The number of methoxy groups -OCH3 is 1. The summed E-state index contributed by atoms with van der Waals surface area (Å²) in [4.78, 5) is 24.7. The normalized spacial score (nSPS) is 10.2. The fourth-order valence-corrected chi connectivity index (χ4v) is 2.15. The lowest BCUT2D eigenvalue weighted by Gasteiger charge is -2.09. The second kappa shape index (κ2) is 6.13. The highest BCUT2D eigenvalue weighted by atomic mass is 16.5. The van der Waals surface area contributed by atoms with Crippen LogP contribution in [-0.2, 0) is 4.74 Å². The maximum atomic E-state index is 12.1. The zero-order chi connectivity index (χ0) is 15.4. The molecule has 22 heavy (non-hydrogen) atoms. The molecule has 5 heteroatoms. The van der Waals surface area contributed by atoms with E-state index in [1.807, 2.05) is 18.2 Å². The summed E-state index contributed by atoms with van der Waals surface area (Å²) in [6.07, 6.45) is 8.47. The van der Waals surface area contributed by atoms with E-state index in [0.29, 0.717) is 11.3 Å². The maximum absolute atomic E-state index is 12.1. The molecule has 0 bridgehead atoms. The summed E-state index contributed by atoms with van der Waals surface area (Å²) in [5.41, 5.74) is 3.41. The molecule has 3 rings (SSSR count). The molecule has 3 heterocycles. The van der Waals surface area contributed by atoms with E-state index in [9.17, 15) is 4.79 Å². The number of aromatic nitrogens is 3. The van der Waals surface area contributed by atoms with Crippen molar-refractivity contribution in [2.45, 2.75) is 0 Å². The van der Waals surface area contributed by atoms with E-state index in [1.54, 1.807) is 43.1 Å². The Hall–Kier alpha value is -3.08. The Morgan fingerprint density at radius 3 is 2.23 bits per heavy atom. The molecule has 0 aliphatic rings. The fourth-order valence-electron chi connectivity index (χ4n) is 2.15. The van der Waals surface area contributed by atoms with Gasteiger partial charge >= 0.3 is 5.97 Å². The van der Waals surface area contributed by atoms with Crippen LogP contribution < -0.4 is 0 Å². The molecule has 0 unspecified atom stereocenters. The highest BCUT2D eigenvalue weighted by Gasteiger charge is 2.16. The van der Waals surface area contributed by atoms with Gasteiger partial charge in [0.1, 0.15) is 0 Å². The lowest BCUT2D eigenvalue weighted by Crippen LogP contribution is -2.05. The standard InChI is InChI=1S/C17H13N3O2/c1-22-17(21)15-8-14(12-4-2-6-18-9-12)11-20-16(15)13-5-3-7-19-10-13/h2-11H,1H3. The molecule has 0 aliphatic carbocycles. The van der Waals surface area contributed by atoms with Gasteiger partial charge in [-0.3, -0.25) is 15.0 Å². The highest BCUT2D eigenvalue weighted by Crippen LogP contribution is 2.26. The molecule has 3 aromatic heterocycles. The van der Waals surface area contributed by atoms with Crippen LogP contribution >= 0.6 is 0 Å². The predicted molar refractivity (Wildman–Crippen MR) is 82.0 cm³/mol. The van der Waals surface area contributed by atoms with Crippen molar-refractivity contribution in [2.24, 2.45) is 0 Å². The number of hydrogen-bond donors (Lipinski definition) is 0. The number of carbonyl (C=O) groups is 1. The number of nitrogens with zero attached hydrogens (tertiary/aromatic N) is 3. The van der Waals surface area contributed by atoms with E-state index in [0.717, 1.165) is 16.7 Å². The minimum Gasteiger partial charge on any atom is -0.465 e. The topological polar surface area (TPSA) is 65.0 Å². The van der Waals surface area contributed by atoms with Crippen molar-refractivity contribution in [3.63, 3.8) is 0 Å². The minimum atomic E-state index is -0.433. The van der Waals surface area contributed by atoms with Crippen LogP contribution in [0.25, 0.3) is 22.4 Å². The number of hydrogen-bond acceptors (Lipinski definition) is 5. The number of rotatable bonds is 3. The summed E-state index contributed by atoms with van der Waals surface area (Å²) in [7, 11) is 1.35. The molecule has 3 aromatic rings. The minimum absolute atomic E-state index is 0.400. The van der Waals surface area contributed by atoms with Gasteiger partial charge in [0.15, 0.2) is 0 Å². The van der Waals surface area contributed by atoms with E-state index < -0.39 is 5.97 Å². The van der Waals surface area contributed by atoms with Crippen LogP contribution in [0.15, 0.2) is 61.3 Å². The molecular weight excluding hydrogens is 278 g/mol. The lowest BCUT2D eigenvalue weighted by atomic mass is 10.0. The molecule has 0 saturated heterocycles. The summed E-state index contributed by atoms with van der Waals surface area (Å²) in [5, 5.41) is 0. The summed E-state index contributed by atoms with van der Waals surface area (Å²) < 4.78 is 4.87. The Kier molecular flexibility index (Phi) is 3.87. The molecular formula is C17H13N3O2. The largest absolute Gasteiger partial charge is 0.465 e. The van der Waals surface area contributed by atoms with E-state index in [4.69, 9.17) is 4.74 Å². The van der Waals surface area contributed by atoms with Gasteiger partial charge in [-0.25, -0.2) is 4.79 Å². The van der Waals surface area contributed by atoms with Crippen molar-refractivity contribution in [1.29, 1.82) is 0 Å². The van der Waals surface area contributed by atoms with Crippen LogP contribution in [0.4, 0.5) is 0 Å². The van der Waals surface area contributed by atoms with Gasteiger partial charge < -0.3 is 4.74 Å². The van der Waals surface area contributed by atoms with Gasteiger partial charge in [0.2, 0.25) is 0 Å². The van der Waals surface area contributed by atoms with Gasteiger partial charge in [-0.05, 0) is 24.3 Å². The van der Waals surface area contributed by atoms with Crippen molar-refractivity contribution in [2.75, 3.05) is 7.11 Å². The molecule has 0 atom stereocenters. The van der Waals surface area contributed by atoms with Gasteiger partial charge in [0.25, 0.3) is 0 Å². The molecule has 0 N–H and O–H groups in total. The van der Waals surface area contributed by atoms with Gasteiger partial charge in [-0.15, -0.1) is 0 Å². The quantitative estimate of drug-likeness (QED) is 0.694. The van der Waals surface area contributed by atoms with Crippen LogP contribution in [-0.4, -0.2) is 28.0 Å². The van der Waals surface area contributed by atoms with Crippen LogP contribution in [0.2, 0.25) is 0 Å². The molecule has 0 amide bonds. The highest BCUT2D eigenvalue weighted by molar-refractivity contribution is 5.97. The molecule has 0 saturated carbocycles. The second-order valence-corrected chi connectivity index (χ2v) is 4.60. The third-order valence-electron chi connectivity index (χ3n) is 3.22. The van der Waals surface area contributed by atoms with E-state index >= 15 is 0 Å². The SMILES string of the molecule is COC(=O)c1cc(-c2cccnc2)cnc1-c1cccnc1. The maximum Gasteiger partial charge on any atom is 0.340 e. The number of pyridine rings is 3. The van der Waals surface area contributed by atoms with Crippen molar-refractivity contribution < 1.29 is 9.53 Å². The molecule has 5 nitrogen and oxygen atoms in total. The van der Waals surface area contributed by atoms with Gasteiger partial charge in [0, 0.05) is 47.7 Å². The Balaban J connectivity index is 2.14. The average molecular weight is 291 g/mol. The van der Waals surface area contributed by atoms with Crippen LogP contribution in [0.1, 0.15) is 10.4 Å². The first-order chi connectivity index (χ1) is 10.8. The number of esters is 1. The zero-order valence-corrected chi connectivity index (χ0v) is 11.9. The van der Waals surface area contributed by atoms with E-state index in [-0.39, 0.29) is 0 Å². The van der Waals surface area contributed by atoms with E-state index in [1.165, 1.54) is 7.11 Å². The Morgan fingerprint density at radius 1 is 0.955 bits per heavy atom.